The molecule has 1 unspecified atom stereocenters. The van der Waals surface area contributed by atoms with Gasteiger partial charge in [-0.25, -0.2) is 4.39 Å². The molecule has 0 bridgehead atoms. The average Bonchev–Trinajstić information content (AvgIpc) is 2.47. The SMILES string of the molecule is COc1ccc(CC(Cc2cccc(F)c2)NN)cc1Br. The van der Waals surface area contributed by atoms with Crippen LogP contribution in [-0.4, -0.2) is 13.2 Å². The van der Waals surface area contributed by atoms with Gasteiger partial charge in [-0.15, -0.1) is 0 Å². The molecule has 0 heterocycles. The fraction of sp³-hybridized carbons (Fsp3) is 0.250. The normalized spacial score (nSPS) is 12.2. The van der Waals surface area contributed by atoms with E-state index in [0.29, 0.717) is 6.42 Å². The highest BCUT2D eigenvalue weighted by Crippen LogP contribution is 2.26. The van der Waals surface area contributed by atoms with Gasteiger partial charge >= 0.3 is 0 Å². The van der Waals surface area contributed by atoms with Gasteiger partial charge in [-0.2, -0.15) is 0 Å². The van der Waals surface area contributed by atoms with Gasteiger partial charge in [0.25, 0.3) is 0 Å². The maximum absolute atomic E-state index is 13.2. The Kier molecular flexibility index (Phi) is 5.73. The van der Waals surface area contributed by atoms with Crippen LogP contribution in [0.1, 0.15) is 11.1 Å². The highest BCUT2D eigenvalue weighted by atomic mass is 79.9. The molecule has 0 saturated heterocycles. The molecule has 2 rings (SSSR count). The van der Waals surface area contributed by atoms with Crippen molar-refractivity contribution in [3.8, 4) is 5.75 Å². The van der Waals surface area contributed by atoms with Crippen molar-refractivity contribution in [1.29, 1.82) is 0 Å². The summed E-state index contributed by atoms with van der Waals surface area (Å²) in [5.41, 5.74) is 4.85. The Balaban J connectivity index is 2.07. The molecular weight excluding hydrogens is 335 g/mol. The van der Waals surface area contributed by atoms with Gasteiger partial charge in [-0.05, 0) is 64.2 Å². The van der Waals surface area contributed by atoms with Crippen molar-refractivity contribution in [3.63, 3.8) is 0 Å². The van der Waals surface area contributed by atoms with Gasteiger partial charge in [0.2, 0.25) is 0 Å². The summed E-state index contributed by atoms with van der Waals surface area (Å²) in [6.45, 7) is 0. The van der Waals surface area contributed by atoms with Crippen molar-refractivity contribution in [2.45, 2.75) is 18.9 Å². The number of methoxy groups -OCH3 is 1. The first-order valence-corrected chi connectivity index (χ1v) is 7.44. The van der Waals surface area contributed by atoms with Crippen molar-refractivity contribution >= 4 is 15.9 Å². The summed E-state index contributed by atoms with van der Waals surface area (Å²) in [6.07, 6.45) is 1.41. The first-order valence-electron chi connectivity index (χ1n) is 6.65. The van der Waals surface area contributed by atoms with Gasteiger partial charge < -0.3 is 4.74 Å². The first kappa shape index (κ1) is 15.9. The summed E-state index contributed by atoms with van der Waals surface area (Å²) in [5.74, 6) is 6.19. The van der Waals surface area contributed by atoms with E-state index in [1.807, 2.05) is 24.3 Å². The van der Waals surface area contributed by atoms with Crippen LogP contribution in [0.4, 0.5) is 4.39 Å². The molecule has 5 heteroatoms. The number of hydrogen-bond donors (Lipinski definition) is 2. The van der Waals surface area contributed by atoms with Crippen LogP contribution >= 0.6 is 15.9 Å². The second kappa shape index (κ2) is 7.54. The van der Waals surface area contributed by atoms with Crippen molar-refractivity contribution in [2.75, 3.05) is 7.11 Å². The Morgan fingerprint density at radius 2 is 1.90 bits per heavy atom. The van der Waals surface area contributed by atoms with E-state index in [-0.39, 0.29) is 11.9 Å². The first-order chi connectivity index (χ1) is 10.1. The molecule has 1 atom stereocenters. The molecule has 0 radical (unpaired) electrons. The molecule has 0 aliphatic heterocycles. The molecule has 0 aliphatic rings. The summed E-state index contributed by atoms with van der Waals surface area (Å²) in [6, 6.07) is 12.5. The lowest BCUT2D eigenvalue weighted by Crippen LogP contribution is -2.38. The Morgan fingerprint density at radius 1 is 1.19 bits per heavy atom. The highest BCUT2D eigenvalue weighted by Gasteiger charge is 2.11. The Labute approximate surface area is 132 Å². The number of benzene rings is 2. The van der Waals surface area contributed by atoms with Crippen molar-refractivity contribution in [2.24, 2.45) is 5.84 Å². The van der Waals surface area contributed by atoms with E-state index in [9.17, 15) is 4.39 Å². The van der Waals surface area contributed by atoms with Crippen LogP contribution in [0.2, 0.25) is 0 Å². The standard InChI is InChI=1S/C16H18BrFN2O/c1-21-16-6-5-12(10-15(16)17)9-14(20-19)8-11-3-2-4-13(18)7-11/h2-7,10,14,20H,8-9,19H2,1H3. The van der Waals surface area contributed by atoms with Crippen molar-refractivity contribution in [3.05, 3.63) is 63.9 Å². The molecule has 0 aromatic heterocycles. The molecule has 0 fully saturated rings. The highest BCUT2D eigenvalue weighted by molar-refractivity contribution is 9.10. The van der Waals surface area contributed by atoms with Crippen LogP contribution in [0, 0.1) is 5.82 Å². The van der Waals surface area contributed by atoms with Gasteiger partial charge in [0.1, 0.15) is 11.6 Å². The second-order valence-corrected chi connectivity index (χ2v) is 5.72. The minimum atomic E-state index is -0.226. The smallest absolute Gasteiger partial charge is 0.133 e. The van der Waals surface area contributed by atoms with Gasteiger partial charge in [-0.3, -0.25) is 11.3 Å². The molecule has 21 heavy (non-hydrogen) atoms. The molecule has 2 aromatic carbocycles. The minimum Gasteiger partial charge on any atom is -0.496 e. The Hall–Kier alpha value is -1.43. The predicted octanol–water partition coefficient (Wildman–Crippen LogP) is 3.21. The molecule has 3 nitrogen and oxygen atoms in total. The van der Waals surface area contributed by atoms with E-state index in [1.54, 1.807) is 13.2 Å². The fourth-order valence-electron chi connectivity index (χ4n) is 2.26. The maximum atomic E-state index is 13.2. The zero-order valence-corrected chi connectivity index (χ0v) is 13.4. The van der Waals surface area contributed by atoms with Gasteiger partial charge in [0, 0.05) is 6.04 Å². The van der Waals surface area contributed by atoms with Crippen LogP contribution < -0.4 is 16.0 Å². The topological polar surface area (TPSA) is 47.3 Å². The predicted molar refractivity (Wildman–Crippen MR) is 85.6 cm³/mol. The number of nitrogens with two attached hydrogens (primary N) is 1. The van der Waals surface area contributed by atoms with Crippen LogP contribution in [0.5, 0.6) is 5.75 Å². The summed E-state index contributed by atoms with van der Waals surface area (Å²) in [4.78, 5) is 0. The van der Waals surface area contributed by atoms with E-state index in [2.05, 4.69) is 21.4 Å². The Morgan fingerprint density at radius 3 is 2.48 bits per heavy atom. The third kappa shape index (κ3) is 4.52. The monoisotopic (exact) mass is 352 g/mol. The minimum absolute atomic E-state index is 0.0343. The molecule has 0 aliphatic carbocycles. The zero-order valence-electron chi connectivity index (χ0n) is 11.8. The van der Waals surface area contributed by atoms with Gasteiger partial charge in [0.15, 0.2) is 0 Å². The van der Waals surface area contributed by atoms with E-state index in [0.717, 1.165) is 27.8 Å². The van der Waals surface area contributed by atoms with Crippen molar-refractivity contribution < 1.29 is 9.13 Å². The van der Waals surface area contributed by atoms with Crippen LogP contribution in [-0.2, 0) is 12.8 Å². The molecule has 0 saturated carbocycles. The van der Waals surface area contributed by atoms with E-state index >= 15 is 0 Å². The van der Waals surface area contributed by atoms with Crippen LogP contribution in [0.15, 0.2) is 46.9 Å². The summed E-state index contributed by atoms with van der Waals surface area (Å²) in [5, 5.41) is 0. The molecular formula is C16H18BrFN2O. The lowest BCUT2D eigenvalue weighted by molar-refractivity contribution is 0.411. The number of nitrogens with one attached hydrogen (secondary N) is 1. The third-order valence-electron chi connectivity index (χ3n) is 3.31. The number of ether oxygens (including phenoxy) is 1. The quantitative estimate of drug-likeness (QED) is 0.619. The van der Waals surface area contributed by atoms with E-state index in [4.69, 9.17) is 10.6 Å². The second-order valence-electron chi connectivity index (χ2n) is 4.87. The molecule has 112 valence electrons. The largest absolute Gasteiger partial charge is 0.496 e. The molecule has 2 aromatic rings. The van der Waals surface area contributed by atoms with Gasteiger partial charge in [-0.1, -0.05) is 18.2 Å². The number of hydrazine groups is 1. The fourth-order valence-corrected chi connectivity index (χ4v) is 2.85. The lowest BCUT2D eigenvalue weighted by Gasteiger charge is -2.17. The summed E-state index contributed by atoms with van der Waals surface area (Å²) >= 11 is 3.47. The van der Waals surface area contributed by atoms with Crippen LogP contribution in [0.3, 0.4) is 0 Å². The van der Waals surface area contributed by atoms with E-state index < -0.39 is 0 Å². The van der Waals surface area contributed by atoms with Crippen LogP contribution in [0.25, 0.3) is 0 Å². The lowest BCUT2D eigenvalue weighted by atomic mass is 9.99. The molecule has 3 N–H and O–H groups in total. The molecule has 0 amide bonds. The number of rotatable bonds is 6. The third-order valence-corrected chi connectivity index (χ3v) is 3.92. The Bertz CT molecular complexity index is 607. The van der Waals surface area contributed by atoms with Crippen molar-refractivity contribution in [1.82, 2.24) is 5.43 Å². The maximum Gasteiger partial charge on any atom is 0.133 e. The molecule has 0 spiro atoms. The number of hydrogen-bond acceptors (Lipinski definition) is 3. The summed E-state index contributed by atoms with van der Waals surface area (Å²) < 4.78 is 19.3. The van der Waals surface area contributed by atoms with E-state index in [1.165, 1.54) is 12.1 Å². The summed E-state index contributed by atoms with van der Waals surface area (Å²) in [7, 11) is 1.63. The average molecular weight is 353 g/mol. The number of halogens is 2. The van der Waals surface area contributed by atoms with Gasteiger partial charge in [0.05, 0.1) is 11.6 Å². The zero-order chi connectivity index (χ0) is 15.2.